The van der Waals surface area contributed by atoms with Crippen molar-refractivity contribution in [2.45, 2.75) is 12.5 Å². The standard InChI is InChI=1S/C10H9BrN2OS/c11-9-3-2-7(15-9)6-8(14)10-12-4-1-5-13-10/h1-5,8,14H,6H2. The zero-order valence-electron chi connectivity index (χ0n) is 7.80. The molecule has 2 aromatic rings. The van der Waals surface area contributed by atoms with Gasteiger partial charge in [-0.3, -0.25) is 0 Å². The molecule has 3 nitrogen and oxygen atoms in total. The van der Waals surface area contributed by atoms with Gasteiger partial charge in [0, 0.05) is 23.7 Å². The summed E-state index contributed by atoms with van der Waals surface area (Å²) in [7, 11) is 0. The second-order valence-corrected chi connectivity index (χ2v) is 5.58. The van der Waals surface area contributed by atoms with E-state index < -0.39 is 6.10 Å². The highest BCUT2D eigenvalue weighted by molar-refractivity contribution is 9.11. The van der Waals surface area contributed by atoms with Gasteiger partial charge >= 0.3 is 0 Å². The Morgan fingerprint density at radius 2 is 2.07 bits per heavy atom. The molecule has 0 aliphatic rings. The molecule has 1 atom stereocenters. The third-order valence-corrected chi connectivity index (χ3v) is 3.55. The van der Waals surface area contributed by atoms with Crippen LogP contribution in [0, 0.1) is 0 Å². The molecule has 0 fully saturated rings. The highest BCUT2D eigenvalue weighted by Gasteiger charge is 2.11. The number of hydrogen-bond acceptors (Lipinski definition) is 4. The molecule has 0 saturated heterocycles. The van der Waals surface area contributed by atoms with Gasteiger partial charge in [0.05, 0.1) is 3.79 Å². The summed E-state index contributed by atoms with van der Waals surface area (Å²) in [6, 6.07) is 5.69. The predicted octanol–water partition coefficient (Wildman–Crippen LogP) is 2.58. The van der Waals surface area contributed by atoms with Crippen molar-refractivity contribution >= 4 is 27.3 Å². The van der Waals surface area contributed by atoms with Gasteiger partial charge in [-0.2, -0.15) is 0 Å². The van der Waals surface area contributed by atoms with Crippen LogP contribution in [-0.2, 0) is 6.42 Å². The van der Waals surface area contributed by atoms with Crippen LogP contribution in [-0.4, -0.2) is 15.1 Å². The molecule has 0 saturated carbocycles. The predicted molar refractivity (Wildman–Crippen MR) is 62.7 cm³/mol. The Labute approximate surface area is 100.0 Å². The number of thiophene rings is 1. The van der Waals surface area contributed by atoms with E-state index in [9.17, 15) is 5.11 Å². The topological polar surface area (TPSA) is 46.0 Å². The Bertz CT molecular complexity index is 432. The lowest BCUT2D eigenvalue weighted by Gasteiger charge is -2.06. The largest absolute Gasteiger partial charge is 0.385 e. The number of nitrogens with zero attached hydrogens (tertiary/aromatic N) is 2. The summed E-state index contributed by atoms with van der Waals surface area (Å²) in [6.45, 7) is 0. The monoisotopic (exact) mass is 284 g/mol. The lowest BCUT2D eigenvalue weighted by atomic mass is 10.2. The lowest BCUT2D eigenvalue weighted by molar-refractivity contribution is 0.169. The van der Waals surface area contributed by atoms with Crippen molar-refractivity contribution in [1.29, 1.82) is 0 Å². The fourth-order valence-corrected chi connectivity index (χ4v) is 2.75. The molecule has 1 unspecified atom stereocenters. The molecular weight excluding hydrogens is 276 g/mol. The zero-order chi connectivity index (χ0) is 10.7. The van der Waals surface area contributed by atoms with Gasteiger partial charge in [-0.15, -0.1) is 11.3 Å². The number of halogens is 1. The summed E-state index contributed by atoms with van der Waals surface area (Å²) in [4.78, 5) is 9.14. The number of aliphatic hydroxyl groups excluding tert-OH is 1. The quantitative estimate of drug-likeness (QED) is 0.942. The number of aliphatic hydroxyl groups is 1. The Morgan fingerprint density at radius 1 is 1.33 bits per heavy atom. The molecule has 2 aromatic heterocycles. The highest BCUT2D eigenvalue weighted by Crippen LogP contribution is 2.25. The smallest absolute Gasteiger partial charge is 0.157 e. The van der Waals surface area contributed by atoms with Gasteiger partial charge < -0.3 is 5.11 Å². The van der Waals surface area contributed by atoms with Crippen LogP contribution in [0.3, 0.4) is 0 Å². The van der Waals surface area contributed by atoms with Crippen LogP contribution >= 0.6 is 27.3 Å². The van der Waals surface area contributed by atoms with E-state index in [1.54, 1.807) is 29.8 Å². The van der Waals surface area contributed by atoms with Crippen LogP contribution in [0.1, 0.15) is 16.8 Å². The van der Waals surface area contributed by atoms with Gasteiger partial charge in [0.2, 0.25) is 0 Å². The van der Waals surface area contributed by atoms with Crippen LogP contribution in [0.25, 0.3) is 0 Å². The summed E-state index contributed by atoms with van der Waals surface area (Å²) < 4.78 is 1.07. The molecule has 0 bridgehead atoms. The average Bonchev–Trinajstić information content (AvgIpc) is 2.65. The molecule has 5 heteroatoms. The number of rotatable bonds is 3. The molecule has 2 heterocycles. The summed E-state index contributed by atoms with van der Waals surface area (Å²) in [5.41, 5.74) is 0. The van der Waals surface area contributed by atoms with E-state index >= 15 is 0 Å². The second kappa shape index (κ2) is 4.83. The fraction of sp³-hybridized carbons (Fsp3) is 0.200. The zero-order valence-corrected chi connectivity index (χ0v) is 10.2. The molecule has 0 radical (unpaired) electrons. The Kier molecular flexibility index (Phi) is 3.45. The first kappa shape index (κ1) is 10.7. The molecular formula is C10H9BrN2OS. The summed E-state index contributed by atoms with van der Waals surface area (Å²) in [6.07, 6.45) is 3.20. The second-order valence-electron chi connectivity index (χ2n) is 3.03. The van der Waals surface area contributed by atoms with E-state index in [-0.39, 0.29) is 0 Å². The molecule has 15 heavy (non-hydrogen) atoms. The molecule has 0 spiro atoms. The number of aromatic nitrogens is 2. The lowest BCUT2D eigenvalue weighted by Crippen LogP contribution is -2.05. The molecule has 0 aliphatic carbocycles. The Balaban J connectivity index is 2.07. The maximum atomic E-state index is 9.85. The summed E-state index contributed by atoms with van der Waals surface area (Å²) >= 11 is 5.00. The van der Waals surface area contributed by atoms with Crippen LogP contribution in [0.15, 0.2) is 34.4 Å². The van der Waals surface area contributed by atoms with E-state index in [0.717, 1.165) is 8.66 Å². The van der Waals surface area contributed by atoms with Gasteiger partial charge in [0.25, 0.3) is 0 Å². The van der Waals surface area contributed by atoms with Crippen molar-refractivity contribution in [2.24, 2.45) is 0 Å². The van der Waals surface area contributed by atoms with Crippen molar-refractivity contribution in [3.63, 3.8) is 0 Å². The van der Waals surface area contributed by atoms with Crippen LogP contribution in [0.5, 0.6) is 0 Å². The average molecular weight is 285 g/mol. The first-order valence-corrected chi connectivity index (χ1v) is 6.06. The van der Waals surface area contributed by atoms with Gasteiger partial charge in [0.1, 0.15) is 6.10 Å². The Hall–Kier alpha value is -0.780. The minimum Gasteiger partial charge on any atom is -0.385 e. The first-order chi connectivity index (χ1) is 7.25. The van der Waals surface area contributed by atoms with Gasteiger partial charge in [-0.05, 0) is 34.1 Å². The molecule has 2 rings (SSSR count). The van der Waals surface area contributed by atoms with E-state index in [0.29, 0.717) is 12.2 Å². The SMILES string of the molecule is OC(Cc1ccc(Br)s1)c1ncccn1. The third kappa shape index (κ3) is 2.84. The molecule has 78 valence electrons. The van der Waals surface area contributed by atoms with Crippen molar-refractivity contribution in [2.75, 3.05) is 0 Å². The van der Waals surface area contributed by atoms with Gasteiger partial charge in [-0.25, -0.2) is 9.97 Å². The molecule has 0 aromatic carbocycles. The maximum absolute atomic E-state index is 9.85. The van der Waals surface area contributed by atoms with E-state index in [2.05, 4.69) is 25.9 Å². The molecule has 1 N–H and O–H groups in total. The van der Waals surface area contributed by atoms with Crippen molar-refractivity contribution < 1.29 is 5.11 Å². The number of hydrogen-bond donors (Lipinski definition) is 1. The fourth-order valence-electron chi connectivity index (χ4n) is 1.23. The minimum absolute atomic E-state index is 0.474. The molecule has 0 aliphatic heterocycles. The summed E-state index contributed by atoms with van der Waals surface area (Å²) in [5, 5.41) is 9.85. The third-order valence-electron chi connectivity index (χ3n) is 1.91. The van der Waals surface area contributed by atoms with Crippen molar-refractivity contribution in [1.82, 2.24) is 9.97 Å². The van der Waals surface area contributed by atoms with Gasteiger partial charge in [-0.1, -0.05) is 0 Å². The summed E-state index contributed by atoms with van der Waals surface area (Å²) in [5.74, 6) is 0.474. The first-order valence-electron chi connectivity index (χ1n) is 4.45. The van der Waals surface area contributed by atoms with Gasteiger partial charge in [0.15, 0.2) is 5.82 Å². The van der Waals surface area contributed by atoms with Crippen LogP contribution < -0.4 is 0 Å². The van der Waals surface area contributed by atoms with E-state index in [1.807, 2.05) is 12.1 Å². The van der Waals surface area contributed by atoms with Crippen molar-refractivity contribution in [3.05, 3.63) is 45.1 Å². The van der Waals surface area contributed by atoms with Crippen LogP contribution in [0.2, 0.25) is 0 Å². The van der Waals surface area contributed by atoms with Crippen LogP contribution in [0.4, 0.5) is 0 Å². The Morgan fingerprint density at radius 3 is 2.67 bits per heavy atom. The normalized spacial score (nSPS) is 12.7. The molecule has 0 amide bonds. The van der Waals surface area contributed by atoms with E-state index in [1.165, 1.54) is 0 Å². The van der Waals surface area contributed by atoms with E-state index in [4.69, 9.17) is 0 Å². The van der Waals surface area contributed by atoms with Crippen molar-refractivity contribution in [3.8, 4) is 0 Å². The maximum Gasteiger partial charge on any atom is 0.157 e. The highest BCUT2D eigenvalue weighted by atomic mass is 79.9. The minimum atomic E-state index is -0.628.